The van der Waals surface area contributed by atoms with E-state index in [0.29, 0.717) is 0 Å². The molecule has 1 aliphatic heterocycles. The third-order valence-electron chi connectivity index (χ3n) is 3.75. The van der Waals surface area contributed by atoms with Crippen molar-refractivity contribution >= 4 is 11.4 Å². The van der Waals surface area contributed by atoms with Gasteiger partial charge in [-0.1, -0.05) is 18.5 Å². The van der Waals surface area contributed by atoms with Crippen molar-refractivity contribution in [1.82, 2.24) is 0 Å². The summed E-state index contributed by atoms with van der Waals surface area (Å²) in [5.74, 6) is 1.06. The second-order valence-corrected chi connectivity index (χ2v) is 6.24. The lowest BCUT2D eigenvalue weighted by molar-refractivity contribution is -0.539. The largest absolute Gasteiger partial charge is 0.501 e. The molecule has 0 saturated carbocycles. The Morgan fingerprint density at radius 3 is 2.72 bits per heavy atom. The van der Waals surface area contributed by atoms with Gasteiger partial charge in [0.1, 0.15) is 5.71 Å². The Kier molecular flexibility index (Phi) is 3.88. The third-order valence-corrected chi connectivity index (χ3v) is 3.75. The van der Waals surface area contributed by atoms with Crippen LogP contribution in [0.25, 0.3) is 0 Å². The first kappa shape index (κ1) is 13.3. The molecule has 2 aliphatic rings. The Bertz CT molecular complexity index is 416. The number of hydrazone groups is 1. The first-order valence-electron chi connectivity index (χ1n) is 6.92. The van der Waals surface area contributed by atoms with Crippen LogP contribution in [0.1, 0.15) is 52.9 Å². The van der Waals surface area contributed by atoms with Crippen molar-refractivity contribution in [2.75, 3.05) is 13.7 Å². The standard InChI is InChI=1S/C15H25N2O/c1-12-7-5-6-8-17(12)16-13-9-14(18-4)11-15(2,3)10-13/h9H,5-8,10-11H2,1-4H3/q+1/b16-13-. The van der Waals surface area contributed by atoms with E-state index in [4.69, 9.17) is 9.84 Å². The maximum atomic E-state index is 5.43. The Balaban J connectivity index is 2.26. The van der Waals surface area contributed by atoms with Gasteiger partial charge in [0.05, 0.1) is 12.9 Å². The normalized spacial score (nSPS) is 26.2. The van der Waals surface area contributed by atoms with Crippen molar-refractivity contribution in [3.8, 4) is 0 Å². The summed E-state index contributed by atoms with van der Waals surface area (Å²) in [6, 6.07) is 0. The predicted octanol–water partition coefficient (Wildman–Crippen LogP) is 3.35. The fourth-order valence-corrected chi connectivity index (χ4v) is 2.76. The molecule has 100 valence electrons. The van der Waals surface area contributed by atoms with Crippen LogP contribution in [-0.4, -0.2) is 29.8 Å². The predicted molar refractivity (Wildman–Crippen MR) is 75.2 cm³/mol. The molecule has 3 nitrogen and oxygen atoms in total. The molecule has 0 fully saturated rings. The van der Waals surface area contributed by atoms with Crippen LogP contribution in [0.3, 0.4) is 0 Å². The molecule has 0 aromatic carbocycles. The van der Waals surface area contributed by atoms with Crippen LogP contribution < -0.4 is 0 Å². The monoisotopic (exact) mass is 249 g/mol. The van der Waals surface area contributed by atoms with Gasteiger partial charge in [0.25, 0.3) is 0 Å². The summed E-state index contributed by atoms with van der Waals surface area (Å²) in [6.45, 7) is 7.81. The van der Waals surface area contributed by atoms with E-state index < -0.39 is 0 Å². The first-order chi connectivity index (χ1) is 8.50. The van der Waals surface area contributed by atoms with Gasteiger partial charge in [0.2, 0.25) is 0 Å². The Labute approximate surface area is 110 Å². The molecular formula is C15H25N2O+. The molecule has 1 heterocycles. The van der Waals surface area contributed by atoms with Gasteiger partial charge < -0.3 is 4.74 Å². The highest BCUT2D eigenvalue weighted by molar-refractivity contribution is 5.96. The minimum Gasteiger partial charge on any atom is -0.501 e. The van der Waals surface area contributed by atoms with Crippen molar-refractivity contribution in [2.24, 2.45) is 10.5 Å². The molecule has 0 N–H and O–H groups in total. The average Bonchev–Trinajstić information content (AvgIpc) is 2.30. The number of methoxy groups -OCH3 is 1. The number of hydrogen-bond acceptors (Lipinski definition) is 2. The molecule has 3 heteroatoms. The summed E-state index contributed by atoms with van der Waals surface area (Å²) in [6.07, 6.45) is 7.89. The lowest BCUT2D eigenvalue weighted by Crippen LogP contribution is -2.26. The molecule has 0 atom stereocenters. The number of allylic oxidation sites excluding steroid dienone is 2. The van der Waals surface area contributed by atoms with Gasteiger partial charge in [-0.05, 0) is 16.9 Å². The zero-order chi connectivity index (χ0) is 13.2. The highest BCUT2D eigenvalue weighted by atomic mass is 16.5. The third kappa shape index (κ3) is 3.21. The van der Waals surface area contributed by atoms with Crippen molar-refractivity contribution < 1.29 is 9.42 Å². The summed E-state index contributed by atoms with van der Waals surface area (Å²) < 4.78 is 7.61. The zero-order valence-corrected chi connectivity index (χ0v) is 12.1. The molecule has 18 heavy (non-hydrogen) atoms. The molecule has 0 bridgehead atoms. The molecule has 0 unspecified atom stereocenters. The quantitative estimate of drug-likeness (QED) is 0.689. The minimum absolute atomic E-state index is 0.253. The average molecular weight is 249 g/mol. The summed E-state index contributed by atoms with van der Waals surface area (Å²) in [5, 5.41) is 4.83. The fourth-order valence-electron chi connectivity index (χ4n) is 2.76. The zero-order valence-electron chi connectivity index (χ0n) is 12.1. The van der Waals surface area contributed by atoms with E-state index in [1.807, 2.05) is 0 Å². The van der Waals surface area contributed by atoms with Crippen LogP contribution in [0, 0.1) is 5.41 Å². The number of ether oxygens (including phenoxy) is 1. The molecule has 0 radical (unpaired) electrons. The van der Waals surface area contributed by atoms with Gasteiger partial charge in [-0.3, -0.25) is 0 Å². The van der Waals surface area contributed by atoms with Gasteiger partial charge in [-0.15, -0.1) is 0 Å². The molecule has 0 aromatic rings. The lowest BCUT2D eigenvalue weighted by Gasteiger charge is -2.28. The van der Waals surface area contributed by atoms with E-state index in [1.54, 1.807) is 7.11 Å². The lowest BCUT2D eigenvalue weighted by atomic mass is 9.79. The van der Waals surface area contributed by atoms with Crippen molar-refractivity contribution in [2.45, 2.75) is 52.9 Å². The molecule has 2 rings (SSSR count). The second-order valence-electron chi connectivity index (χ2n) is 6.24. The summed E-state index contributed by atoms with van der Waals surface area (Å²) in [4.78, 5) is 0. The number of hydrogen-bond donors (Lipinski definition) is 0. The summed E-state index contributed by atoms with van der Waals surface area (Å²) >= 11 is 0. The van der Waals surface area contributed by atoms with E-state index in [0.717, 1.165) is 30.9 Å². The maximum absolute atomic E-state index is 5.43. The van der Waals surface area contributed by atoms with Crippen LogP contribution in [0.4, 0.5) is 0 Å². The van der Waals surface area contributed by atoms with Crippen molar-refractivity contribution in [3.05, 3.63) is 11.8 Å². The van der Waals surface area contributed by atoms with Gasteiger partial charge >= 0.3 is 0 Å². The fraction of sp³-hybridized carbons (Fsp3) is 0.733. The molecule has 0 aromatic heterocycles. The highest BCUT2D eigenvalue weighted by Crippen LogP contribution is 2.34. The van der Waals surface area contributed by atoms with Crippen LogP contribution in [0.15, 0.2) is 16.9 Å². The van der Waals surface area contributed by atoms with E-state index >= 15 is 0 Å². The number of nitrogens with zero attached hydrogens (tertiary/aromatic N) is 2. The van der Waals surface area contributed by atoms with Gasteiger partial charge in [0, 0.05) is 38.7 Å². The molecular weight excluding hydrogens is 224 g/mol. The summed E-state index contributed by atoms with van der Waals surface area (Å²) in [5.41, 5.74) is 2.80. The van der Waals surface area contributed by atoms with Crippen LogP contribution >= 0.6 is 0 Å². The molecule has 1 aliphatic carbocycles. The van der Waals surface area contributed by atoms with Crippen molar-refractivity contribution in [3.63, 3.8) is 0 Å². The second kappa shape index (κ2) is 5.25. The maximum Gasteiger partial charge on any atom is 0.182 e. The van der Waals surface area contributed by atoms with Crippen molar-refractivity contribution in [1.29, 1.82) is 0 Å². The minimum atomic E-state index is 0.253. The van der Waals surface area contributed by atoms with Gasteiger partial charge in [-0.25, -0.2) is 0 Å². The molecule has 0 spiro atoms. The summed E-state index contributed by atoms with van der Waals surface area (Å²) in [7, 11) is 1.75. The van der Waals surface area contributed by atoms with Gasteiger partial charge in [0.15, 0.2) is 12.3 Å². The SMILES string of the molecule is COC1=C/C(=N/[N+]2=C(C)CCCC2)CC(C)(C)C1. The van der Waals surface area contributed by atoms with Crippen LogP contribution in [0.5, 0.6) is 0 Å². The van der Waals surface area contributed by atoms with Gasteiger partial charge in [-0.2, -0.15) is 0 Å². The topological polar surface area (TPSA) is 24.6 Å². The smallest absolute Gasteiger partial charge is 0.182 e. The Morgan fingerprint density at radius 1 is 1.28 bits per heavy atom. The van der Waals surface area contributed by atoms with E-state index in [-0.39, 0.29) is 5.41 Å². The highest BCUT2D eigenvalue weighted by Gasteiger charge is 2.29. The first-order valence-corrected chi connectivity index (χ1v) is 6.92. The molecule has 0 amide bonds. The van der Waals surface area contributed by atoms with E-state index in [9.17, 15) is 0 Å². The van der Waals surface area contributed by atoms with E-state index in [1.165, 1.54) is 25.0 Å². The van der Waals surface area contributed by atoms with E-state index in [2.05, 4.69) is 31.5 Å². The number of rotatable bonds is 2. The van der Waals surface area contributed by atoms with Crippen LogP contribution in [0.2, 0.25) is 0 Å². The Morgan fingerprint density at radius 2 is 2.06 bits per heavy atom. The molecule has 0 saturated heterocycles. The Hall–Kier alpha value is -1.12. The van der Waals surface area contributed by atoms with Crippen LogP contribution in [-0.2, 0) is 4.74 Å².